The number of ether oxygens (including phenoxy) is 1. The van der Waals surface area contributed by atoms with E-state index < -0.39 is 0 Å². The molecule has 0 radical (unpaired) electrons. The zero-order chi connectivity index (χ0) is 22.6. The van der Waals surface area contributed by atoms with Crippen molar-refractivity contribution < 1.29 is 9.53 Å². The summed E-state index contributed by atoms with van der Waals surface area (Å²) in [6.07, 6.45) is 1.87. The molecule has 0 N–H and O–H groups in total. The van der Waals surface area contributed by atoms with Crippen LogP contribution in [0.4, 0.5) is 0 Å². The number of carbonyl (C=O) groups excluding carboxylic acids is 1. The van der Waals surface area contributed by atoms with Crippen molar-refractivity contribution in [2.45, 2.75) is 33.3 Å². The minimum atomic E-state index is 0.0662. The monoisotopic (exact) mass is 425 g/mol. The Kier molecular flexibility index (Phi) is 9.10. The van der Waals surface area contributed by atoms with Crippen LogP contribution in [0.15, 0.2) is 78.9 Å². The van der Waals surface area contributed by atoms with E-state index in [1.54, 1.807) is 0 Å². The SMILES string of the molecule is CCCN(CCC)C(=O)c1cccc(C#CCOCc2ccccc2)c1-c1ccccc1. The van der Waals surface area contributed by atoms with E-state index in [1.807, 2.05) is 83.8 Å². The fraction of sp³-hybridized carbons (Fsp3) is 0.276. The van der Waals surface area contributed by atoms with Gasteiger partial charge in [-0.15, -0.1) is 0 Å². The molecule has 0 aliphatic rings. The Bertz CT molecular complexity index is 1040. The predicted molar refractivity (Wildman–Crippen MR) is 131 cm³/mol. The van der Waals surface area contributed by atoms with E-state index in [0.717, 1.165) is 48.2 Å². The Morgan fingerprint density at radius 1 is 0.844 bits per heavy atom. The second-order valence-electron chi connectivity index (χ2n) is 7.67. The van der Waals surface area contributed by atoms with Gasteiger partial charge in [0.25, 0.3) is 5.91 Å². The van der Waals surface area contributed by atoms with Gasteiger partial charge in [-0.3, -0.25) is 4.79 Å². The number of rotatable bonds is 9. The van der Waals surface area contributed by atoms with Crippen LogP contribution in [0.5, 0.6) is 0 Å². The maximum atomic E-state index is 13.5. The molecule has 0 unspecified atom stereocenters. The lowest BCUT2D eigenvalue weighted by Crippen LogP contribution is -2.33. The van der Waals surface area contributed by atoms with Gasteiger partial charge in [0.05, 0.1) is 6.61 Å². The van der Waals surface area contributed by atoms with E-state index in [4.69, 9.17) is 4.74 Å². The molecule has 32 heavy (non-hydrogen) atoms. The normalized spacial score (nSPS) is 10.3. The third-order valence-electron chi connectivity index (χ3n) is 5.14. The number of amides is 1. The predicted octanol–water partition coefficient (Wildman–Crippen LogP) is 6.18. The van der Waals surface area contributed by atoms with Gasteiger partial charge in [0.15, 0.2) is 0 Å². The largest absolute Gasteiger partial charge is 0.364 e. The van der Waals surface area contributed by atoms with Crippen LogP contribution in [0.25, 0.3) is 11.1 Å². The van der Waals surface area contributed by atoms with Gasteiger partial charge in [-0.05, 0) is 36.1 Å². The third-order valence-corrected chi connectivity index (χ3v) is 5.14. The van der Waals surface area contributed by atoms with Crippen molar-refractivity contribution in [3.8, 4) is 23.0 Å². The number of benzene rings is 3. The number of hydrogen-bond donors (Lipinski definition) is 0. The summed E-state index contributed by atoms with van der Waals surface area (Å²) in [5.41, 5.74) is 4.57. The molecular formula is C29H31NO2. The standard InChI is InChI=1S/C29H31NO2/c1-3-20-30(21-4-2)29(31)27-19-11-17-26(28(27)25-15-9-6-10-16-25)18-12-22-32-23-24-13-7-5-8-14-24/h5-11,13-17,19H,3-4,20-23H2,1-2H3. The highest BCUT2D eigenvalue weighted by atomic mass is 16.5. The lowest BCUT2D eigenvalue weighted by atomic mass is 9.93. The summed E-state index contributed by atoms with van der Waals surface area (Å²) in [5.74, 6) is 6.45. The molecule has 0 saturated carbocycles. The van der Waals surface area contributed by atoms with E-state index in [2.05, 4.69) is 25.7 Å². The summed E-state index contributed by atoms with van der Waals surface area (Å²) in [6.45, 7) is 6.58. The zero-order valence-corrected chi connectivity index (χ0v) is 19.0. The van der Waals surface area contributed by atoms with Crippen LogP contribution in [-0.4, -0.2) is 30.5 Å². The first-order chi connectivity index (χ1) is 15.7. The molecule has 3 heteroatoms. The average molecular weight is 426 g/mol. The summed E-state index contributed by atoms with van der Waals surface area (Å²) in [7, 11) is 0. The first-order valence-electron chi connectivity index (χ1n) is 11.3. The Morgan fingerprint density at radius 3 is 2.16 bits per heavy atom. The summed E-state index contributed by atoms with van der Waals surface area (Å²) in [6, 6.07) is 25.9. The van der Waals surface area contributed by atoms with Crippen molar-refractivity contribution in [3.63, 3.8) is 0 Å². The summed E-state index contributed by atoms with van der Waals surface area (Å²) >= 11 is 0. The third kappa shape index (κ3) is 6.33. The molecule has 3 aromatic rings. The van der Waals surface area contributed by atoms with Crippen LogP contribution in [0.2, 0.25) is 0 Å². The maximum absolute atomic E-state index is 13.5. The van der Waals surface area contributed by atoms with Gasteiger partial charge in [0.1, 0.15) is 6.61 Å². The van der Waals surface area contributed by atoms with Gasteiger partial charge in [0, 0.05) is 29.8 Å². The van der Waals surface area contributed by atoms with Gasteiger partial charge >= 0.3 is 0 Å². The lowest BCUT2D eigenvalue weighted by molar-refractivity contribution is 0.0756. The Balaban J connectivity index is 1.88. The Labute approximate surface area is 192 Å². The van der Waals surface area contributed by atoms with Crippen molar-refractivity contribution >= 4 is 5.91 Å². The Hall–Kier alpha value is -3.35. The highest BCUT2D eigenvalue weighted by molar-refractivity contribution is 6.02. The maximum Gasteiger partial charge on any atom is 0.254 e. The van der Waals surface area contributed by atoms with Crippen molar-refractivity contribution in [2.24, 2.45) is 0 Å². The topological polar surface area (TPSA) is 29.5 Å². The van der Waals surface area contributed by atoms with E-state index >= 15 is 0 Å². The molecule has 0 aliphatic heterocycles. The highest BCUT2D eigenvalue weighted by Gasteiger charge is 2.20. The van der Waals surface area contributed by atoms with Crippen molar-refractivity contribution in [2.75, 3.05) is 19.7 Å². The number of carbonyl (C=O) groups is 1. The van der Waals surface area contributed by atoms with E-state index in [-0.39, 0.29) is 5.91 Å². The molecule has 0 bridgehead atoms. The zero-order valence-electron chi connectivity index (χ0n) is 19.0. The van der Waals surface area contributed by atoms with Gasteiger partial charge in [-0.2, -0.15) is 0 Å². The van der Waals surface area contributed by atoms with E-state index in [9.17, 15) is 4.79 Å². The molecule has 0 saturated heterocycles. The number of hydrogen-bond acceptors (Lipinski definition) is 2. The lowest BCUT2D eigenvalue weighted by Gasteiger charge is -2.23. The second-order valence-corrected chi connectivity index (χ2v) is 7.67. The average Bonchev–Trinajstić information content (AvgIpc) is 2.84. The first kappa shape index (κ1) is 23.3. The van der Waals surface area contributed by atoms with Crippen LogP contribution >= 0.6 is 0 Å². The van der Waals surface area contributed by atoms with E-state index in [0.29, 0.717) is 18.8 Å². The van der Waals surface area contributed by atoms with Crippen LogP contribution < -0.4 is 0 Å². The molecule has 164 valence electrons. The fourth-order valence-electron chi connectivity index (χ4n) is 3.70. The molecule has 3 aromatic carbocycles. The molecule has 3 rings (SSSR count). The molecule has 0 aromatic heterocycles. The fourth-order valence-corrected chi connectivity index (χ4v) is 3.70. The van der Waals surface area contributed by atoms with Crippen LogP contribution in [0.1, 0.15) is 48.2 Å². The van der Waals surface area contributed by atoms with Crippen LogP contribution in [-0.2, 0) is 11.3 Å². The van der Waals surface area contributed by atoms with E-state index in [1.165, 1.54) is 0 Å². The minimum absolute atomic E-state index is 0.0662. The molecule has 0 spiro atoms. The second kappa shape index (κ2) is 12.5. The Morgan fingerprint density at radius 2 is 1.50 bits per heavy atom. The van der Waals surface area contributed by atoms with Crippen LogP contribution in [0, 0.1) is 11.8 Å². The molecular weight excluding hydrogens is 394 g/mol. The quantitative estimate of drug-likeness (QED) is 0.302. The summed E-state index contributed by atoms with van der Waals surface area (Å²) < 4.78 is 5.72. The smallest absolute Gasteiger partial charge is 0.254 e. The van der Waals surface area contributed by atoms with Crippen molar-refractivity contribution in [1.82, 2.24) is 4.90 Å². The molecule has 0 fully saturated rings. The summed E-state index contributed by atoms with van der Waals surface area (Å²) in [5, 5.41) is 0. The molecule has 3 nitrogen and oxygen atoms in total. The molecule has 0 aliphatic carbocycles. The van der Waals surface area contributed by atoms with Gasteiger partial charge < -0.3 is 9.64 Å². The van der Waals surface area contributed by atoms with Crippen molar-refractivity contribution in [1.29, 1.82) is 0 Å². The first-order valence-corrected chi connectivity index (χ1v) is 11.3. The van der Waals surface area contributed by atoms with Crippen molar-refractivity contribution in [3.05, 3.63) is 95.6 Å². The minimum Gasteiger partial charge on any atom is -0.364 e. The van der Waals surface area contributed by atoms with Gasteiger partial charge in [-0.1, -0.05) is 92.4 Å². The molecule has 0 atom stereocenters. The molecule has 1 amide bonds. The van der Waals surface area contributed by atoms with Crippen LogP contribution in [0.3, 0.4) is 0 Å². The summed E-state index contributed by atoms with van der Waals surface area (Å²) in [4.78, 5) is 15.4. The van der Waals surface area contributed by atoms with Gasteiger partial charge in [-0.25, -0.2) is 0 Å². The number of nitrogens with zero attached hydrogens (tertiary/aromatic N) is 1. The molecule has 0 heterocycles. The van der Waals surface area contributed by atoms with Gasteiger partial charge in [0.2, 0.25) is 0 Å². The highest BCUT2D eigenvalue weighted by Crippen LogP contribution is 2.28.